The molecule has 1 heterocycles. The van der Waals surface area contributed by atoms with E-state index in [1.54, 1.807) is 33.1 Å². The number of carbonyl (C=O) groups excluding carboxylic acids is 1. The third-order valence-electron chi connectivity index (χ3n) is 4.00. The average molecular weight is 371 g/mol. The highest BCUT2D eigenvalue weighted by molar-refractivity contribution is 5.88. The highest BCUT2D eigenvalue weighted by atomic mass is 16.5. The number of rotatable bonds is 10. The van der Waals surface area contributed by atoms with Gasteiger partial charge in [0.25, 0.3) is 0 Å². The summed E-state index contributed by atoms with van der Waals surface area (Å²) in [5.41, 5.74) is 1.76. The van der Waals surface area contributed by atoms with Crippen LogP contribution in [0.4, 0.5) is 0 Å². The van der Waals surface area contributed by atoms with Gasteiger partial charge >= 0.3 is 5.97 Å². The zero-order valence-corrected chi connectivity index (χ0v) is 16.7. The lowest BCUT2D eigenvalue weighted by atomic mass is 10.1. The van der Waals surface area contributed by atoms with Gasteiger partial charge in [0, 0.05) is 17.7 Å². The summed E-state index contributed by atoms with van der Waals surface area (Å²) in [5.74, 6) is 0.932. The van der Waals surface area contributed by atoms with E-state index in [9.17, 15) is 4.79 Å². The van der Waals surface area contributed by atoms with Gasteiger partial charge in [0.1, 0.15) is 11.5 Å². The molecule has 0 aliphatic heterocycles. The Kier molecular flexibility index (Phi) is 8.11. The lowest BCUT2D eigenvalue weighted by Gasteiger charge is -2.11. The number of hydrogen-bond acceptors (Lipinski definition) is 5. The average Bonchev–Trinajstić information content (AvgIpc) is 2.67. The summed E-state index contributed by atoms with van der Waals surface area (Å²) >= 11 is 0. The van der Waals surface area contributed by atoms with E-state index in [0.717, 1.165) is 24.3 Å². The Morgan fingerprint density at radius 3 is 2.41 bits per heavy atom. The van der Waals surface area contributed by atoms with E-state index in [1.165, 1.54) is 19.3 Å². The van der Waals surface area contributed by atoms with Crippen LogP contribution in [0.2, 0.25) is 0 Å². The SMILES string of the molecule is CCCCCCOc1ccc(-c2cc(OC)cc(C(=O)OC(C)C)n2)cc1. The topological polar surface area (TPSA) is 57.7 Å². The molecule has 146 valence electrons. The number of pyridine rings is 1. The Labute approximate surface area is 161 Å². The highest BCUT2D eigenvalue weighted by Crippen LogP contribution is 2.25. The molecule has 0 fully saturated rings. The van der Waals surface area contributed by atoms with Crippen LogP contribution in [0.15, 0.2) is 36.4 Å². The Hall–Kier alpha value is -2.56. The molecule has 1 aromatic heterocycles. The summed E-state index contributed by atoms with van der Waals surface area (Å²) in [6.45, 7) is 6.53. The van der Waals surface area contributed by atoms with Gasteiger partial charge in [0.15, 0.2) is 5.69 Å². The van der Waals surface area contributed by atoms with Crippen LogP contribution in [-0.4, -0.2) is 30.8 Å². The molecule has 5 heteroatoms. The van der Waals surface area contributed by atoms with Crippen molar-refractivity contribution in [3.8, 4) is 22.8 Å². The van der Waals surface area contributed by atoms with Gasteiger partial charge in [-0.25, -0.2) is 9.78 Å². The zero-order valence-electron chi connectivity index (χ0n) is 16.7. The smallest absolute Gasteiger partial charge is 0.357 e. The van der Waals surface area contributed by atoms with Crippen molar-refractivity contribution in [3.63, 3.8) is 0 Å². The number of esters is 1. The first-order valence-corrected chi connectivity index (χ1v) is 9.53. The van der Waals surface area contributed by atoms with Gasteiger partial charge < -0.3 is 14.2 Å². The predicted octanol–water partition coefficient (Wildman–Crippen LogP) is 5.28. The number of aromatic nitrogens is 1. The maximum Gasteiger partial charge on any atom is 0.357 e. The number of ether oxygens (including phenoxy) is 3. The molecule has 0 saturated carbocycles. The van der Waals surface area contributed by atoms with Crippen LogP contribution in [0.25, 0.3) is 11.3 Å². The van der Waals surface area contributed by atoms with E-state index in [-0.39, 0.29) is 11.8 Å². The minimum atomic E-state index is -0.461. The van der Waals surface area contributed by atoms with Crippen LogP contribution in [-0.2, 0) is 4.74 Å². The summed E-state index contributed by atoms with van der Waals surface area (Å²) in [5, 5.41) is 0. The van der Waals surface area contributed by atoms with Crippen molar-refractivity contribution < 1.29 is 19.0 Å². The molecular weight excluding hydrogens is 342 g/mol. The molecule has 0 atom stereocenters. The van der Waals surface area contributed by atoms with Crippen molar-refractivity contribution >= 4 is 5.97 Å². The molecule has 0 unspecified atom stereocenters. The summed E-state index contributed by atoms with van der Waals surface area (Å²) in [4.78, 5) is 16.6. The van der Waals surface area contributed by atoms with Gasteiger partial charge in [-0.1, -0.05) is 26.2 Å². The van der Waals surface area contributed by atoms with Gasteiger partial charge in [-0.2, -0.15) is 0 Å². The van der Waals surface area contributed by atoms with Crippen LogP contribution in [0.1, 0.15) is 56.9 Å². The van der Waals surface area contributed by atoms with E-state index >= 15 is 0 Å². The van der Waals surface area contributed by atoms with Gasteiger partial charge in [0.2, 0.25) is 0 Å². The standard InChI is InChI=1S/C22H29NO4/c1-5-6-7-8-13-26-18-11-9-17(10-12-18)20-14-19(25-4)15-21(23-20)22(24)27-16(2)3/h9-12,14-16H,5-8,13H2,1-4H3. The first kappa shape index (κ1) is 20.7. The van der Waals surface area contributed by atoms with E-state index in [2.05, 4.69) is 11.9 Å². The van der Waals surface area contributed by atoms with Crippen molar-refractivity contribution in [2.75, 3.05) is 13.7 Å². The molecule has 0 spiro atoms. The Morgan fingerprint density at radius 2 is 1.78 bits per heavy atom. The zero-order chi connectivity index (χ0) is 19.6. The van der Waals surface area contributed by atoms with E-state index in [1.807, 2.05) is 24.3 Å². The molecule has 0 bridgehead atoms. The summed E-state index contributed by atoms with van der Waals surface area (Å²) in [7, 11) is 1.56. The molecule has 0 amide bonds. The van der Waals surface area contributed by atoms with E-state index < -0.39 is 5.97 Å². The number of methoxy groups -OCH3 is 1. The molecule has 0 N–H and O–H groups in total. The fraction of sp³-hybridized carbons (Fsp3) is 0.455. The molecule has 27 heavy (non-hydrogen) atoms. The highest BCUT2D eigenvalue weighted by Gasteiger charge is 2.15. The maximum atomic E-state index is 12.2. The lowest BCUT2D eigenvalue weighted by molar-refractivity contribution is 0.0370. The minimum Gasteiger partial charge on any atom is -0.497 e. The molecule has 1 aromatic carbocycles. The second-order valence-corrected chi connectivity index (χ2v) is 6.67. The maximum absolute atomic E-state index is 12.2. The second-order valence-electron chi connectivity index (χ2n) is 6.67. The Bertz CT molecular complexity index is 726. The van der Waals surface area contributed by atoms with Gasteiger partial charge in [-0.05, 0) is 44.5 Å². The Balaban J connectivity index is 2.11. The first-order chi connectivity index (χ1) is 13.0. The number of carbonyl (C=O) groups is 1. The molecule has 2 rings (SSSR count). The number of hydrogen-bond donors (Lipinski definition) is 0. The van der Waals surface area contributed by atoms with E-state index in [0.29, 0.717) is 11.4 Å². The van der Waals surface area contributed by atoms with E-state index in [4.69, 9.17) is 14.2 Å². The van der Waals surface area contributed by atoms with Crippen LogP contribution >= 0.6 is 0 Å². The molecule has 2 aromatic rings. The Morgan fingerprint density at radius 1 is 1.04 bits per heavy atom. The third kappa shape index (κ3) is 6.59. The molecule has 0 saturated heterocycles. The van der Waals surface area contributed by atoms with Gasteiger partial charge in [0.05, 0.1) is 25.5 Å². The van der Waals surface area contributed by atoms with Crippen molar-refractivity contribution in [1.82, 2.24) is 4.98 Å². The van der Waals surface area contributed by atoms with Crippen LogP contribution < -0.4 is 9.47 Å². The molecular formula is C22H29NO4. The lowest BCUT2D eigenvalue weighted by Crippen LogP contribution is -2.13. The quantitative estimate of drug-likeness (QED) is 0.420. The largest absolute Gasteiger partial charge is 0.497 e. The fourth-order valence-electron chi connectivity index (χ4n) is 2.59. The second kappa shape index (κ2) is 10.6. The number of nitrogens with zero attached hydrogens (tertiary/aromatic N) is 1. The summed E-state index contributed by atoms with van der Waals surface area (Å²) < 4.78 is 16.3. The van der Waals surface area contributed by atoms with Gasteiger partial charge in [-0.15, -0.1) is 0 Å². The normalized spacial score (nSPS) is 10.7. The number of unbranched alkanes of at least 4 members (excludes halogenated alkanes) is 3. The third-order valence-corrected chi connectivity index (χ3v) is 4.00. The van der Waals surface area contributed by atoms with Gasteiger partial charge in [-0.3, -0.25) is 0 Å². The minimum absolute atomic E-state index is 0.206. The summed E-state index contributed by atoms with van der Waals surface area (Å²) in [6, 6.07) is 11.1. The first-order valence-electron chi connectivity index (χ1n) is 9.53. The molecule has 0 aliphatic carbocycles. The summed E-state index contributed by atoms with van der Waals surface area (Å²) in [6.07, 6.45) is 4.51. The monoisotopic (exact) mass is 371 g/mol. The molecule has 0 radical (unpaired) electrons. The van der Waals surface area contributed by atoms with Crippen molar-refractivity contribution in [2.45, 2.75) is 52.6 Å². The fourth-order valence-corrected chi connectivity index (χ4v) is 2.59. The molecule has 0 aliphatic rings. The van der Waals surface area contributed by atoms with Crippen molar-refractivity contribution in [1.29, 1.82) is 0 Å². The van der Waals surface area contributed by atoms with Crippen LogP contribution in [0.5, 0.6) is 11.5 Å². The van der Waals surface area contributed by atoms with Crippen molar-refractivity contribution in [2.24, 2.45) is 0 Å². The predicted molar refractivity (Wildman–Crippen MR) is 106 cm³/mol. The molecule has 5 nitrogen and oxygen atoms in total. The van der Waals surface area contributed by atoms with Crippen LogP contribution in [0.3, 0.4) is 0 Å². The number of benzene rings is 1. The van der Waals surface area contributed by atoms with Crippen LogP contribution in [0, 0.1) is 0 Å². The van der Waals surface area contributed by atoms with Crippen molar-refractivity contribution in [3.05, 3.63) is 42.1 Å².